The Morgan fingerprint density at radius 1 is 0.974 bits per heavy atom. The molecule has 38 heavy (non-hydrogen) atoms. The molecule has 3 aromatic rings. The molecule has 200 valence electrons. The zero-order valence-electron chi connectivity index (χ0n) is 21.9. The van der Waals surface area contributed by atoms with Gasteiger partial charge in [0.15, 0.2) is 6.61 Å². The van der Waals surface area contributed by atoms with Crippen molar-refractivity contribution in [2.75, 3.05) is 6.61 Å². The molecular weight excluding hydrogens is 519 g/mol. The van der Waals surface area contributed by atoms with Gasteiger partial charge in [0.05, 0.1) is 0 Å². The predicted octanol–water partition coefficient (Wildman–Crippen LogP) is 6.69. The number of amides is 2. The summed E-state index contributed by atoms with van der Waals surface area (Å²) >= 11 is 13.0. The van der Waals surface area contributed by atoms with Gasteiger partial charge in [-0.25, -0.2) is 0 Å². The average molecular weight is 554 g/mol. The van der Waals surface area contributed by atoms with Crippen LogP contribution in [0.15, 0.2) is 66.7 Å². The van der Waals surface area contributed by atoms with Crippen LogP contribution < -0.4 is 10.1 Å². The van der Waals surface area contributed by atoms with Gasteiger partial charge in [-0.1, -0.05) is 84.6 Å². The summed E-state index contributed by atoms with van der Waals surface area (Å²) in [6.45, 7) is 3.79. The number of halogens is 2. The molecule has 1 aliphatic rings. The highest BCUT2D eigenvalue weighted by Crippen LogP contribution is 2.28. The summed E-state index contributed by atoms with van der Waals surface area (Å²) in [6.07, 6.45) is 4.44. The first kappa shape index (κ1) is 28.0. The van der Waals surface area contributed by atoms with E-state index < -0.39 is 6.04 Å². The first-order valence-electron chi connectivity index (χ1n) is 13.1. The number of nitrogens with one attached hydrogen (secondary N) is 1. The SMILES string of the molecule is Cc1ccc(C)c(OCC(=O)N(Cc2c(Cl)cccc2Cl)C(Cc2ccccc2)C(=O)NC2CCCC2)c1. The number of nitrogens with zero attached hydrogens (tertiary/aromatic N) is 1. The van der Waals surface area contributed by atoms with E-state index in [2.05, 4.69) is 5.32 Å². The number of ether oxygens (including phenoxy) is 1. The maximum Gasteiger partial charge on any atom is 0.261 e. The Balaban J connectivity index is 1.66. The molecule has 4 rings (SSSR count). The Bertz CT molecular complexity index is 1240. The highest BCUT2D eigenvalue weighted by atomic mass is 35.5. The van der Waals surface area contributed by atoms with Crippen LogP contribution in [0, 0.1) is 13.8 Å². The lowest BCUT2D eigenvalue weighted by Crippen LogP contribution is -2.53. The fraction of sp³-hybridized carbons (Fsp3) is 0.355. The lowest BCUT2D eigenvalue weighted by atomic mass is 10.0. The van der Waals surface area contributed by atoms with E-state index in [1.807, 2.05) is 62.4 Å². The van der Waals surface area contributed by atoms with E-state index in [1.54, 1.807) is 23.1 Å². The smallest absolute Gasteiger partial charge is 0.261 e. The van der Waals surface area contributed by atoms with Crippen LogP contribution in [-0.4, -0.2) is 35.4 Å². The van der Waals surface area contributed by atoms with Gasteiger partial charge in [0, 0.05) is 34.6 Å². The third-order valence-corrected chi connectivity index (χ3v) is 7.77. The first-order chi connectivity index (χ1) is 18.3. The van der Waals surface area contributed by atoms with Gasteiger partial charge in [-0.3, -0.25) is 9.59 Å². The van der Waals surface area contributed by atoms with Crippen LogP contribution in [-0.2, 0) is 22.6 Å². The maximum absolute atomic E-state index is 13.8. The van der Waals surface area contributed by atoms with Crippen molar-refractivity contribution in [2.24, 2.45) is 0 Å². The van der Waals surface area contributed by atoms with Gasteiger partial charge in [0.1, 0.15) is 11.8 Å². The van der Waals surface area contributed by atoms with Gasteiger partial charge in [0.2, 0.25) is 5.91 Å². The van der Waals surface area contributed by atoms with E-state index in [-0.39, 0.29) is 31.0 Å². The molecule has 1 fully saturated rings. The molecule has 0 saturated heterocycles. The van der Waals surface area contributed by atoms with Crippen molar-refractivity contribution in [3.63, 3.8) is 0 Å². The van der Waals surface area contributed by atoms with Crippen LogP contribution >= 0.6 is 23.2 Å². The van der Waals surface area contributed by atoms with Gasteiger partial charge in [0.25, 0.3) is 5.91 Å². The van der Waals surface area contributed by atoms with Crippen LogP contribution in [0.1, 0.15) is 47.9 Å². The molecule has 1 N–H and O–H groups in total. The van der Waals surface area contributed by atoms with E-state index in [0.29, 0.717) is 27.8 Å². The first-order valence-corrected chi connectivity index (χ1v) is 13.8. The molecular formula is C31H34Cl2N2O3. The molecule has 1 atom stereocenters. The molecule has 0 bridgehead atoms. The van der Waals surface area contributed by atoms with E-state index in [9.17, 15) is 9.59 Å². The Morgan fingerprint density at radius 3 is 2.34 bits per heavy atom. The molecule has 3 aromatic carbocycles. The van der Waals surface area contributed by atoms with Crippen molar-refractivity contribution in [3.05, 3.63) is 99.0 Å². The zero-order valence-corrected chi connectivity index (χ0v) is 23.4. The summed E-state index contributed by atoms with van der Waals surface area (Å²) in [5.74, 6) is 0.150. The van der Waals surface area contributed by atoms with E-state index in [0.717, 1.165) is 42.4 Å². The van der Waals surface area contributed by atoms with Crippen LogP contribution in [0.5, 0.6) is 5.75 Å². The number of carbonyl (C=O) groups is 2. The lowest BCUT2D eigenvalue weighted by Gasteiger charge is -2.32. The number of benzene rings is 3. The van der Waals surface area contributed by atoms with Crippen LogP contribution in [0.3, 0.4) is 0 Å². The summed E-state index contributed by atoms with van der Waals surface area (Å²) in [7, 11) is 0. The molecule has 5 nitrogen and oxygen atoms in total. The summed E-state index contributed by atoms with van der Waals surface area (Å²) in [5, 5.41) is 4.09. The third-order valence-electron chi connectivity index (χ3n) is 7.06. The van der Waals surface area contributed by atoms with E-state index >= 15 is 0 Å². The standard InChI is InChI=1S/C31H34Cl2N2O3/c1-21-15-16-22(2)29(17-21)38-20-30(36)35(19-25-26(32)13-8-14-27(25)33)28(18-23-9-4-3-5-10-23)31(37)34-24-11-6-7-12-24/h3-5,8-10,13-17,24,28H,6-7,11-12,18-20H2,1-2H3,(H,34,37). The Hall–Kier alpha value is -3.02. The Morgan fingerprint density at radius 2 is 1.66 bits per heavy atom. The molecule has 1 unspecified atom stereocenters. The zero-order chi connectivity index (χ0) is 27.1. The molecule has 2 amide bonds. The largest absolute Gasteiger partial charge is 0.483 e. The van der Waals surface area contributed by atoms with Crippen LogP contribution in [0.2, 0.25) is 10.0 Å². The fourth-order valence-electron chi connectivity index (χ4n) is 4.86. The number of carbonyl (C=O) groups excluding carboxylic acids is 2. The summed E-state index contributed by atoms with van der Waals surface area (Å²) < 4.78 is 5.98. The van der Waals surface area contributed by atoms with Crippen molar-refractivity contribution in [1.29, 1.82) is 0 Å². The monoisotopic (exact) mass is 552 g/mol. The van der Waals surface area contributed by atoms with Gasteiger partial charge >= 0.3 is 0 Å². The highest BCUT2D eigenvalue weighted by Gasteiger charge is 2.33. The average Bonchev–Trinajstić information content (AvgIpc) is 3.41. The minimum Gasteiger partial charge on any atom is -0.483 e. The van der Waals surface area contributed by atoms with Crippen molar-refractivity contribution < 1.29 is 14.3 Å². The van der Waals surface area contributed by atoms with Gasteiger partial charge in [-0.2, -0.15) is 0 Å². The number of aryl methyl sites for hydroxylation is 2. The summed E-state index contributed by atoms with van der Waals surface area (Å²) in [6, 6.07) is 20.2. The molecule has 0 radical (unpaired) electrons. The van der Waals surface area contributed by atoms with E-state index in [4.69, 9.17) is 27.9 Å². The normalized spacial score (nSPS) is 14.2. The minimum absolute atomic E-state index is 0.0864. The van der Waals surface area contributed by atoms with Crippen molar-refractivity contribution >= 4 is 35.0 Å². The quantitative estimate of drug-likeness (QED) is 0.305. The summed E-state index contributed by atoms with van der Waals surface area (Å²) in [5.41, 5.74) is 3.53. The lowest BCUT2D eigenvalue weighted by molar-refractivity contribution is -0.143. The predicted molar refractivity (Wildman–Crippen MR) is 153 cm³/mol. The van der Waals surface area contributed by atoms with Crippen molar-refractivity contribution in [2.45, 2.75) is 64.6 Å². The Kier molecular flexibility index (Phi) is 9.70. The molecule has 0 aliphatic heterocycles. The second-order valence-corrected chi connectivity index (χ2v) is 10.8. The fourth-order valence-corrected chi connectivity index (χ4v) is 5.38. The second kappa shape index (κ2) is 13.2. The second-order valence-electron chi connectivity index (χ2n) is 9.97. The van der Waals surface area contributed by atoms with Gasteiger partial charge < -0.3 is 15.0 Å². The van der Waals surface area contributed by atoms with Crippen molar-refractivity contribution in [1.82, 2.24) is 10.2 Å². The topological polar surface area (TPSA) is 58.6 Å². The molecule has 0 aromatic heterocycles. The highest BCUT2D eigenvalue weighted by molar-refractivity contribution is 6.36. The van der Waals surface area contributed by atoms with Gasteiger partial charge in [-0.15, -0.1) is 0 Å². The van der Waals surface area contributed by atoms with E-state index in [1.165, 1.54) is 0 Å². The van der Waals surface area contributed by atoms with Crippen LogP contribution in [0.4, 0.5) is 0 Å². The molecule has 1 saturated carbocycles. The minimum atomic E-state index is -0.764. The summed E-state index contributed by atoms with van der Waals surface area (Å²) in [4.78, 5) is 29.2. The molecule has 1 aliphatic carbocycles. The van der Waals surface area contributed by atoms with Gasteiger partial charge in [-0.05, 0) is 61.6 Å². The maximum atomic E-state index is 13.8. The third kappa shape index (κ3) is 7.30. The number of hydrogen-bond acceptors (Lipinski definition) is 3. The number of rotatable bonds is 10. The Labute approximate surface area is 235 Å². The van der Waals surface area contributed by atoms with Crippen LogP contribution in [0.25, 0.3) is 0 Å². The molecule has 0 heterocycles. The number of hydrogen-bond donors (Lipinski definition) is 1. The molecule has 7 heteroatoms. The van der Waals surface area contributed by atoms with Crippen molar-refractivity contribution in [3.8, 4) is 5.75 Å². The molecule has 0 spiro atoms.